The summed E-state index contributed by atoms with van der Waals surface area (Å²) in [5.74, 6) is 0.0206. The van der Waals surface area contributed by atoms with Crippen LogP contribution in [0.4, 0.5) is 0 Å². The molecule has 0 saturated heterocycles. The molecule has 0 heterocycles. The Bertz CT molecular complexity index is 198. The van der Waals surface area contributed by atoms with Crippen molar-refractivity contribution in [3.63, 3.8) is 0 Å². The second kappa shape index (κ2) is 6.05. The van der Waals surface area contributed by atoms with E-state index in [1.165, 1.54) is 0 Å². The molecular formula is C10H24N4O. The van der Waals surface area contributed by atoms with Gasteiger partial charge < -0.3 is 11.1 Å². The van der Waals surface area contributed by atoms with Crippen molar-refractivity contribution in [3.8, 4) is 0 Å². The van der Waals surface area contributed by atoms with E-state index in [1.807, 2.05) is 39.9 Å². The van der Waals surface area contributed by atoms with E-state index in [0.29, 0.717) is 13.0 Å². The first-order valence-corrected chi connectivity index (χ1v) is 5.19. The van der Waals surface area contributed by atoms with E-state index >= 15 is 0 Å². The zero-order valence-corrected chi connectivity index (χ0v) is 10.4. The monoisotopic (exact) mass is 216 g/mol. The third kappa shape index (κ3) is 8.35. The number of rotatable bonds is 5. The van der Waals surface area contributed by atoms with Gasteiger partial charge in [-0.05, 0) is 20.8 Å². The fourth-order valence-corrected chi connectivity index (χ4v) is 1.24. The minimum Gasteiger partial charge on any atom is -0.351 e. The van der Waals surface area contributed by atoms with Crippen LogP contribution in [0.1, 0.15) is 27.2 Å². The van der Waals surface area contributed by atoms with Gasteiger partial charge in [0.2, 0.25) is 5.91 Å². The maximum absolute atomic E-state index is 11.6. The van der Waals surface area contributed by atoms with E-state index in [2.05, 4.69) is 10.7 Å². The van der Waals surface area contributed by atoms with Crippen molar-refractivity contribution in [1.29, 1.82) is 0 Å². The smallest absolute Gasteiger partial charge is 0.222 e. The van der Waals surface area contributed by atoms with Crippen LogP contribution in [0.3, 0.4) is 0 Å². The lowest BCUT2D eigenvalue weighted by Gasteiger charge is -2.24. The molecule has 0 aliphatic rings. The SMILES string of the molecule is CN(C)NC(CN)CC(=O)NC(C)(C)C. The van der Waals surface area contributed by atoms with Crippen LogP contribution >= 0.6 is 0 Å². The summed E-state index contributed by atoms with van der Waals surface area (Å²) in [6.45, 7) is 6.32. The quantitative estimate of drug-likeness (QED) is 0.551. The Morgan fingerprint density at radius 1 is 1.40 bits per heavy atom. The Labute approximate surface area is 92.4 Å². The number of carbonyl (C=O) groups excluding carboxylic acids is 1. The highest BCUT2D eigenvalue weighted by Gasteiger charge is 2.17. The molecule has 0 aliphatic carbocycles. The number of nitrogens with zero attached hydrogens (tertiary/aromatic N) is 1. The maximum atomic E-state index is 11.6. The second-order valence-corrected chi connectivity index (χ2v) is 4.96. The minimum absolute atomic E-state index is 0.0117. The summed E-state index contributed by atoms with van der Waals surface area (Å²) in [7, 11) is 3.76. The largest absolute Gasteiger partial charge is 0.351 e. The molecule has 1 amide bonds. The zero-order chi connectivity index (χ0) is 12.1. The Hall–Kier alpha value is -0.650. The number of amides is 1. The van der Waals surface area contributed by atoms with Gasteiger partial charge in [-0.15, -0.1) is 0 Å². The first kappa shape index (κ1) is 14.3. The zero-order valence-electron chi connectivity index (χ0n) is 10.4. The number of carbonyl (C=O) groups is 1. The third-order valence-corrected chi connectivity index (χ3v) is 1.67. The van der Waals surface area contributed by atoms with Crippen LogP contribution in [0, 0.1) is 0 Å². The predicted octanol–water partition coefficient (Wildman–Crippen LogP) is -0.315. The molecule has 5 heteroatoms. The second-order valence-electron chi connectivity index (χ2n) is 4.96. The van der Waals surface area contributed by atoms with E-state index < -0.39 is 0 Å². The van der Waals surface area contributed by atoms with Crippen LogP contribution < -0.4 is 16.5 Å². The summed E-state index contributed by atoms with van der Waals surface area (Å²) in [4.78, 5) is 11.6. The molecular weight excluding hydrogens is 192 g/mol. The number of nitrogens with two attached hydrogens (primary N) is 1. The fourth-order valence-electron chi connectivity index (χ4n) is 1.24. The van der Waals surface area contributed by atoms with Gasteiger partial charge in [0, 0.05) is 38.6 Å². The third-order valence-electron chi connectivity index (χ3n) is 1.67. The highest BCUT2D eigenvalue weighted by Crippen LogP contribution is 2.00. The van der Waals surface area contributed by atoms with Crippen molar-refractivity contribution in [1.82, 2.24) is 15.8 Å². The van der Waals surface area contributed by atoms with Gasteiger partial charge in [-0.2, -0.15) is 0 Å². The summed E-state index contributed by atoms with van der Waals surface area (Å²) in [5.41, 5.74) is 8.47. The van der Waals surface area contributed by atoms with Gasteiger partial charge in [-0.1, -0.05) is 0 Å². The molecule has 90 valence electrons. The normalized spacial score (nSPS) is 14.1. The molecule has 0 aromatic carbocycles. The number of hydrogen-bond acceptors (Lipinski definition) is 4. The standard InChI is InChI=1S/C10H24N4O/c1-10(2,3)12-9(15)6-8(7-11)13-14(4)5/h8,13H,6-7,11H2,1-5H3,(H,12,15). The molecule has 0 fully saturated rings. The molecule has 0 aromatic rings. The topological polar surface area (TPSA) is 70.4 Å². The average molecular weight is 216 g/mol. The van der Waals surface area contributed by atoms with E-state index in [0.717, 1.165) is 0 Å². The van der Waals surface area contributed by atoms with Crippen molar-refractivity contribution in [3.05, 3.63) is 0 Å². The van der Waals surface area contributed by atoms with E-state index in [4.69, 9.17) is 5.73 Å². The number of hydrogen-bond donors (Lipinski definition) is 3. The van der Waals surface area contributed by atoms with Crippen LogP contribution in [0.2, 0.25) is 0 Å². The molecule has 1 atom stereocenters. The van der Waals surface area contributed by atoms with E-state index in [-0.39, 0.29) is 17.5 Å². The molecule has 0 spiro atoms. The molecule has 0 aliphatic heterocycles. The summed E-state index contributed by atoms with van der Waals surface area (Å²) in [6, 6.07) is -0.0117. The van der Waals surface area contributed by atoms with Crippen molar-refractivity contribution in [2.45, 2.75) is 38.8 Å². The van der Waals surface area contributed by atoms with Crippen LogP contribution in [0.25, 0.3) is 0 Å². The Balaban J connectivity index is 4.02. The first-order valence-electron chi connectivity index (χ1n) is 5.19. The van der Waals surface area contributed by atoms with Gasteiger partial charge in [0.15, 0.2) is 0 Å². The van der Waals surface area contributed by atoms with E-state index in [1.54, 1.807) is 0 Å². The van der Waals surface area contributed by atoms with Gasteiger partial charge in [0.1, 0.15) is 0 Å². The lowest BCUT2D eigenvalue weighted by Crippen LogP contribution is -2.49. The van der Waals surface area contributed by atoms with Gasteiger partial charge in [-0.3, -0.25) is 15.2 Å². The van der Waals surface area contributed by atoms with Crippen LogP contribution in [-0.4, -0.2) is 43.1 Å². The molecule has 1 unspecified atom stereocenters. The highest BCUT2D eigenvalue weighted by molar-refractivity contribution is 5.77. The van der Waals surface area contributed by atoms with Crippen molar-refractivity contribution in [2.75, 3.05) is 20.6 Å². The maximum Gasteiger partial charge on any atom is 0.222 e. The van der Waals surface area contributed by atoms with Gasteiger partial charge in [0.05, 0.1) is 0 Å². The molecule has 0 saturated carbocycles. The first-order chi connectivity index (χ1) is 6.74. The number of hydrazine groups is 1. The van der Waals surface area contributed by atoms with Gasteiger partial charge in [-0.25, -0.2) is 0 Å². The van der Waals surface area contributed by atoms with Crippen molar-refractivity contribution >= 4 is 5.91 Å². The highest BCUT2D eigenvalue weighted by atomic mass is 16.1. The van der Waals surface area contributed by atoms with Crippen LogP contribution in [-0.2, 0) is 4.79 Å². The molecule has 0 radical (unpaired) electrons. The van der Waals surface area contributed by atoms with Crippen LogP contribution in [0.15, 0.2) is 0 Å². The molecule has 0 aromatic heterocycles. The minimum atomic E-state index is -0.186. The van der Waals surface area contributed by atoms with Crippen LogP contribution in [0.5, 0.6) is 0 Å². The summed E-state index contributed by atoms with van der Waals surface area (Å²) in [6.07, 6.45) is 0.395. The molecule has 4 N–H and O–H groups in total. The lowest BCUT2D eigenvalue weighted by molar-refractivity contribution is -0.123. The molecule has 15 heavy (non-hydrogen) atoms. The molecule has 0 bridgehead atoms. The van der Waals surface area contributed by atoms with Gasteiger partial charge >= 0.3 is 0 Å². The molecule has 5 nitrogen and oxygen atoms in total. The fraction of sp³-hybridized carbons (Fsp3) is 0.900. The number of nitrogens with one attached hydrogen (secondary N) is 2. The summed E-state index contributed by atoms with van der Waals surface area (Å²) >= 11 is 0. The summed E-state index contributed by atoms with van der Waals surface area (Å²) < 4.78 is 0. The average Bonchev–Trinajstić information content (AvgIpc) is 1.98. The lowest BCUT2D eigenvalue weighted by atomic mass is 10.1. The van der Waals surface area contributed by atoms with Crippen molar-refractivity contribution < 1.29 is 4.79 Å². The Kier molecular flexibility index (Phi) is 5.79. The Morgan fingerprint density at radius 2 is 1.93 bits per heavy atom. The molecule has 0 rings (SSSR count). The Morgan fingerprint density at radius 3 is 2.27 bits per heavy atom. The predicted molar refractivity (Wildman–Crippen MR) is 62.2 cm³/mol. The van der Waals surface area contributed by atoms with Gasteiger partial charge in [0.25, 0.3) is 0 Å². The van der Waals surface area contributed by atoms with E-state index in [9.17, 15) is 4.79 Å². The summed E-state index contributed by atoms with van der Waals surface area (Å²) in [5, 5.41) is 4.71. The van der Waals surface area contributed by atoms with Crippen molar-refractivity contribution in [2.24, 2.45) is 5.73 Å².